The molecule has 0 saturated heterocycles. The highest BCUT2D eigenvalue weighted by Crippen LogP contribution is 2.27. The minimum atomic E-state index is -0.369. The Bertz CT molecular complexity index is 679. The second-order valence-electron chi connectivity index (χ2n) is 4.47. The third kappa shape index (κ3) is 3.01. The fourth-order valence-electron chi connectivity index (χ4n) is 1.99. The molecule has 0 unspecified atom stereocenters. The molecule has 20 heavy (non-hydrogen) atoms. The number of benzene rings is 2. The van der Waals surface area contributed by atoms with Gasteiger partial charge in [0.25, 0.3) is 0 Å². The predicted octanol–water partition coefficient (Wildman–Crippen LogP) is 3.57. The number of hydrogen-bond donors (Lipinski definition) is 1. The van der Waals surface area contributed by atoms with Crippen molar-refractivity contribution in [3.63, 3.8) is 0 Å². The normalized spacial score (nSPS) is 10.1. The summed E-state index contributed by atoms with van der Waals surface area (Å²) in [5.74, 6) is -0.369. The van der Waals surface area contributed by atoms with Crippen molar-refractivity contribution in [3.8, 4) is 6.07 Å². The van der Waals surface area contributed by atoms with Gasteiger partial charge in [0.1, 0.15) is 5.82 Å². The van der Waals surface area contributed by atoms with E-state index in [1.807, 2.05) is 11.9 Å². The van der Waals surface area contributed by atoms with Crippen molar-refractivity contribution >= 4 is 23.0 Å². The Balaban J connectivity index is 2.32. The zero-order chi connectivity index (χ0) is 14.7. The van der Waals surface area contributed by atoms with E-state index in [0.29, 0.717) is 28.4 Å². The molecule has 0 aliphatic carbocycles. The van der Waals surface area contributed by atoms with E-state index in [1.165, 1.54) is 18.2 Å². The van der Waals surface area contributed by atoms with Crippen molar-refractivity contribution in [1.82, 2.24) is 0 Å². The molecule has 0 spiro atoms. The zero-order valence-electron chi connectivity index (χ0n) is 10.9. The third-order valence-electron chi connectivity index (χ3n) is 3.00. The van der Waals surface area contributed by atoms with Crippen molar-refractivity contribution < 1.29 is 4.39 Å². The van der Waals surface area contributed by atoms with E-state index in [4.69, 9.17) is 22.6 Å². The molecule has 2 rings (SSSR count). The van der Waals surface area contributed by atoms with Gasteiger partial charge >= 0.3 is 0 Å². The van der Waals surface area contributed by atoms with Gasteiger partial charge in [0.2, 0.25) is 0 Å². The van der Waals surface area contributed by atoms with Crippen LogP contribution in [-0.2, 0) is 6.54 Å². The SMILES string of the molecule is CN(Cc1cc(F)ccc1C#N)c1cc(Cl)ccc1N. The van der Waals surface area contributed by atoms with Crippen LogP contribution in [0, 0.1) is 17.1 Å². The van der Waals surface area contributed by atoms with Crippen LogP contribution in [0.25, 0.3) is 0 Å². The van der Waals surface area contributed by atoms with Crippen LogP contribution >= 0.6 is 11.6 Å². The Kier molecular flexibility index (Phi) is 4.11. The maximum absolute atomic E-state index is 13.3. The summed E-state index contributed by atoms with van der Waals surface area (Å²) in [6, 6.07) is 11.3. The third-order valence-corrected chi connectivity index (χ3v) is 3.23. The summed E-state index contributed by atoms with van der Waals surface area (Å²) < 4.78 is 13.3. The van der Waals surface area contributed by atoms with Crippen LogP contribution in [0.2, 0.25) is 5.02 Å². The van der Waals surface area contributed by atoms with Crippen molar-refractivity contribution in [2.24, 2.45) is 0 Å². The van der Waals surface area contributed by atoms with E-state index in [2.05, 4.69) is 6.07 Å². The van der Waals surface area contributed by atoms with Gasteiger partial charge in [0, 0.05) is 18.6 Å². The molecule has 0 atom stereocenters. The molecule has 5 heteroatoms. The van der Waals surface area contributed by atoms with Crippen molar-refractivity contribution in [1.29, 1.82) is 5.26 Å². The fourth-order valence-corrected chi connectivity index (χ4v) is 2.16. The van der Waals surface area contributed by atoms with Gasteiger partial charge in [-0.15, -0.1) is 0 Å². The zero-order valence-corrected chi connectivity index (χ0v) is 11.7. The molecule has 2 aromatic carbocycles. The number of nitrogens with zero attached hydrogens (tertiary/aromatic N) is 2. The average Bonchev–Trinajstić information content (AvgIpc) is 2.41. The van der Waals surface area contributed by atoms with Gasteiger partial charge in [-0.25, -0.2) is 4.39 Å². The molecule has 0 fully saturated rings. The molecule has 0 aliphatic heterocycles. The molecular formula is C15H13ClFN3. The van der Waals surface area contributed by atoms with Crippen molar-refractivity contribution in [3.05, 3.63) is 58.4 Å². The summed E-state index contributed by atoms with van der Waals surface area (Å²) in [5.41, 5.74) is 8.27. The summed E-state index contributed by atoms with van der Waals surface area (Å²) in [7, 11) is 1.81. The van der Waals surface area contributed by atoms with E-state index in [0.717, 1.165) is 5.69 Å². The van der Waals surface area contributed by atoms with Gasteiger partial charge in [0.15, 0.2) is 0 Å². The van der Waals surface area contributed by atoms with Crippen molar-refractivity contribution in [2.75, 3.05) is 17.7 Å². The van der Waals surface area contributed by atoms with E-state index >= 15 is 0 Å². The average molecular weight is 290 g/mol. The number of rotatable bonds is 3. The van der Waals surface area contributed by atoms with Crippen LogP contribution in [0.5, 0.6) is 0 Å². The highest BCUT2D eigenvalue weighted by molar-refractivity contribution is 6.31. The lowest BCUT2D eigenvalue weighted by molar-refractivity contribution is 0.625. The smallest absolute Gasteiger partial charge is 0.123 e. The fraction of sp³-hybridized carbons (Fsp3) is 0.133. The van der Waals surface area contributed by atoms with Crippen LogP contribution < -0.4 is 10.6 Å². The number of nitriles is 1. The predicted molar refractivity (Wildman–Crippen MR) is 79.1 cm³/mol. The Labute approximate surface area is 122 Å². The highest BCUT2D eigenvalue weighted by Gasteiger charge is 2.10. The second kappa shape index (κ2) is 5.81. The highest BCUT2D eigenvalue weighted by atomic mass is 35.5. The first-order valence-electron chi connectivity index (χ1n) is 5.96. The molecule has 0 amide bonds. The van der Waals surface area contributed by atoms with E-state index in [9.17, 15) is 4.39 Å². The lowest BCUT2D eigenvalue weighted by Gasteiger charge is -2.22. The van der Waals surface area contributed by atoms with Crippen LogP contribution in [0.3, 0.4) is 0 Å². The minimum absolute atomic E-state index is 0.366. The van der Waals surface area contributed by atoms with Gasteiger partial charge in [-0.3, -0.25) is 0 Å². The van der Waals surface area contributed by atoms with Crippen LogP contribution in [0.15, 0.2) is 36.4 Å². The van der Waals surface area contributed by atoms with Gasteiger partial charge in [0.05, 0.1) is 23.0 Å². The van der Waals surface area contributed by atoms with E-state index in [-0.39, 0.29) is 5.82 Å². The summed E-state index contributed by atoms with van der Waals surface area (Å²) >= 11 is 5.95. The number of nitrogens with two attached hydrogens (primary N) is 1. The topological polar surface area (TPSA) is 53.0 Å². The number of hydrogen-bond acceptors (Lipinski definition) is 3. The Morgan fingerprint density at radius 2 is 2.05 bits per heavy atom. The number of nitrogen functional groups attached to an aromatic ring is 1. The largest absolute Gasteiger partial charge is 0.397 e. The molecule has 102 valence electrons. The summed E-state index contributed by atoms with van der Waals surface area (Å²) in [5, 5.41) is 9.62. The quantitative estimate of drug-likeness (QED) is 0.879. The van der Waals surface area contributed by atoms with Crippen LogP contribution in [0.1, 0.15) is 11.1 Å². The monoisotopic (exact) mass is 289 g/mol. The van der Waals surface area contributed by atoms with Gasteiger partial charge < -0.3 is 10.6 Å². The van der Waals surface area contributed by atoms with Crippen LogP contribution in [0.4, 0.5) is 15.8 Å². The standard InChI is InChI=1S/C15H13ClFN3/c1-20(15-7-12(16)3-5-14(15)19)9-11-6-13(17)4-2-10(11)8-18/h2-7H,9,19H2,1H3. The molecule has 0 saturated carbocycles. The first-order chi connectivity index (χ1) is 9.51. The Hall–Kier alpha value is -2.25. The van der Waals surface area contributed by atoms with E-state index < -0.39 is 0 Å². The molecule has 3 nitrogen and oxygen atoms in total. The minimum Gasteiger partial charge on any atom is -0.397 e. The maximum atomic E-state index is 13.3. The number of anilines is 2. The van der Waals surface area contributed by atoms with E-state index in [1.54, 1.807) is 18.2 Å². The molecule has 2 aromatic rings. The first-order valence-corrected chi connectivity index (χ1v) is 6.33. The lowest BCUT2D eigenvalue weighted by Crippen LogP contribution is -2.18. The van der Waals surface area contributed by atoms with Gasteiger partial charge in [-0.2, -0.15) is 5.26 Å². The molecule has 0 aromatic heterocycles. The first kappa shape index (κ1) is 14.2. The second-order valence-corrected chi connectivity index (χ2v) is 4.91. The molecule has 0 bridgehead atoms. The van der Waals surface area contributed by atoms with Crippen molar-refractivity contribution in [2.45, 2.75) is 6.54 Å². The lowest BCUT2D eigenvalue weighted by atomic mass is 10.1. The summed E-state index contributed by atoms with van der Waals surface area (Å²) in [6.45, 7) is 0.366. The summed E-state index contributed by atoms with van der Waals surface area (Å²) in [4.78, 5) is 1.83. The maximum Gasteiger partial charge on any atom is 0.123 e. The Morgan fingerprint density at radius 3 is 2.75 bits per heavy atom. The molecule has 0 aliphatic rings. The molecular weight excluding hydrogens is 277 g/mol. The molecule has 0 radical (unpaired) electrons. The molecule has 2 N–H and O–H groups in total. The molecule has 0 heterocycles. The number of halogens is 2. The summed E-state index contributed by atoms with van der Waals surface area (Å²) in [6.07, 6.45) is 0. The van der Waals surface area contributed by atoms with Gasteiger partial charge in [-0.1, -0.05) is 11.6 Å². The van der Waals surface area contributed by atoms with Gasteiger partial charge in [-0.05, 0) is 42.0 Å². The Morgan fingerprint density at radius 1 is 1.30 bits per heavy atom. The van der Waals surface area contributed by atoms with Crippen LogP contribution in [-0.4, -0.2) is 7.05 Å².